The van der Waals surface area contributed by atoms with Gasteiger partial charge in [-0.3, -0.25) is 14.4 Å². The standard InChI is InChI=1S/C29H35N9O3/c1-29(2,3)27-36-35-26(41-27)25(39)33-24-16-38(21-9-12-40-17-21)11-8-18-13-19(5-6-22(18)24)23-7-10-30-28(34-23)32-20-14-31-37(4)15-20/h5-7,10,13-15,21,24H,8-9,11-12,16-17H2,1-4H3,(H,33,39)(H,30,32,34). The number of ether oxygens (including phenoxy) is 1. The number of rotatable bonds is 6. The molecule has 12 nitrogen and oxygen atoms in total. The Kier molecular flexibility index (Phi) is 7.26. The highest BCUT2D eigenvalue weighted by molar-refractivity contribution is 5.89. The number of carbonyl (C=O) groups is 1. The molecule has 2 atom stereocenters. The van der Waals surface area contributed by atoms with E-state index >= 15 is 0 Å². The molecule has 214 valence electrons. The summed E-state index contributed by atoms with van der Waals surface area (Å²) < 4.78 is 13.1. The quantitative estimate of drug-likeness (QED) is 0.363. The van der Waals surface area contributed by atoms with Crippen molar-refractivity contribution < 1.29 is 13.9 Å². The predicted molar refractivity (Wildman–Crippen MR) is 152 cm³/mol. The molecular formula is C29H35N9O3. The lowest BCUT2D eigenvalue weighted by Crippen LogP contribution is -2.42. The highest BCUT2D eigenvalue weighted by Crippen LogP contribution is 2.31. The fourth-order valence-corrected chi connectivity index (χ4v) is 5.31. The second kappa shape index (κ2) is 11.0. The number of nitrogens with zero attached hydrogens (tertiary/aromatic N) is 7. The third-order valence-corrected chi connectivity index (χ3v) is 7.50. The molecule has 0 spiro atoms. The van der Waals surface area contributed by atoms with Gasteiger partial charge in [-0.2, -0.15) is 5.10 Å². The smallest absolute Gasteiger partial charge is 0.309 e. The minimum atomic E-state index is -0.375. The van der Waals surface area contributed by atoms with Crippen LogP contribution < -0.4 is 10.6 Å². The first-order valence-electron chi connectivity index (χ1n) is 13.9. The zero-order valence-electron chi connectivity index (χ0n) is 23.8. The van der Waals surface area contributed by atoms with Gasteiger partial charge in [-0.15, -0.1) is 10.2 Å². The topological polar surface area (TPSA) is 136 Å². The minimum Gasteiger partial charge on any atom is -0.416 e. The number of nitrogens with one attached hydrogen (secondary N) is 2. The maximum absolute atomic E-state index is 13.3. The molecule has 41 heavy (non-hydrogen) atoms. The summed E-state index contributed by atoms with van der Waals surface area (Å²) >= 11 is 0. The van der Waals surface area contributed by atoms with E-state index < -0.39 is 0 Å². The van der Waals surface area contributed by atoms with Gasteiger partial charge in [0.2, 0.25) is 11.8 Å². The Balaban J connectivity index is 1.28. The number of hydrogen-bond donors (Lipinski definition) is 2. The van der Waals surface area contributed by atoms with Crippen LogP contribution in [0.3, 0.4) is 0 Å². The van der Waals surface area contributed by atoms with Gasteiger partial charge in [0.1, 0.15) is 0 Å². The molecule has 12 heteroatoms. The minimum absolute atomic E-state index is 0.0253. The molecule has 2 unspecified atom stereocenters. The van der Waals surface area contributed by atoms with Gasteiger partial charge in [-0.25, -0.2) is 9.97 Å². The van der Waals surface area contributed by atoms with E-state index in [4.69, 9.17) is 14.1 Å². The maximum atomic E-state index is 13.3. The van der Waals surface area contributed by atoms with E-state index in [0.717, 1.165) is 54.1 Å². The summed E-state index contributed by atoms with van der Waals surface area (Å²) in [6.45, 7) is 8.90. The van der Waals surface area contributed by atoms with Crippen molar-refractivity contribution >= 4 is 17.5 Å². The van der Waals surface area contributed by atoms with Crippen molar-refractivity contribution in [2.45, 2.75) is 51.1 Å². The highest BCUT2D eigenvalue weighted by atomic mass is 16.5. The second-order valence-corrected chi connectivity index (χ2v) is 11.7. The molecule has 2 aliphatic rings. The fourth-order valence-electron chi connectivity index (χ4n) is 5.31. The largest absolute Gasteiger partial charge is 0.416 e. The molecule has 1 saturated heterocycles. The van der Waals surface area contributed by atoms with Gasteiger partial charge in [0.15, 0.2) is 0 Å². The van der Waals surface area contributed by atoms with Crippen LogP contribution in [0, 0.1) is 0 Å². The van der Waals surface area contributed by atoms with Crippen LogP contribution >= 0.6 is 0 Å². The number of carbonyl (C=O) groups excluding carboxylic acids is 1. The number of fused-ring (bicyclic) bond motifs is 1. The Hall–Kier alpha value is -4.16. The van der Waals surface area contributed by atoms with Crippen LogP contribution in [-0.2, 0) is 23.6 Å². The molecule has 3 aromatic heterocycles. The molecule has 5 heterocycles. The summed E-state index contributed by atoms with van der Waals surface area (Å²) in [7, 11) is 1.86. The average Bonchev–Trinajstić information content (AvgIpc) is 3.71. The molecule has 4 aromatic rings. The fraction of sp³-hybridized carbons (Fsp3) is 0.448. The number of anilines is 2. The SMILES string of the molecule is Cn1cc(Nc2nccc(-c3ccc4c(c3)CCN(C3CCOC3)CC4NC(=O)c3nnc(C(C)(C)C)o3)n2)cn1. The van der Waals surface area contributed by atoms with Gasteiger partial charge in [-0.1, -0.05) is 32.9 Å². The van der Waals surface area contributed by atoms with Crippen LogP contribution in [0.25, 0.3) is 11.3 Å². The number of amides is 1. The van der Waals surface area contributed by atoms with Crippen molar-refractivity contribution in [1.29, 1.82) is 0 Å². The zero-order chi connectivity index (χ0) is 28.6. The van der Waals surface area contributed by atoms with Gasteiger partial charge in [0, 0.05) is 56.2 Å². The lowest BCUT2D eigenvalue weighted by Gasteiger charge is -2.29. The number of aryl methyl sites for hydroxylation is 1. The van der Waals surface area contributed by atoms with Crippen molar-refractivity contribution in [1.82, 2.24) is 40.2 Å². The molecule has 1 amide bonds. The van der Waals surface area contributed by atoms with E-state index in [0.29, 0.717) is 31.0 Å². The van der Waals surface area contributed by atoms with Gasteiger partial charge >= 0.3 is 11.8 Å². The van der Waals surface area contributed by atoms with Crippen LogP contribution in [-0.4, -0.2) is 73.1 Å². The van der Waals surface area contributed by atoms with E-state index in [1.165, 1.54) is 0 Å². The number of hydrogen-bond acceptors (Lipinski definition) is 10. The Bertz CT molecular complexity index is 1530. The number of benzene rings is 1. The van der Waals surface area contributed by atoms with Gasteiger partial charge in [0.25, 0.3) is 0 Å². The normalized spacial score (nSPS) is 19.5. The zero-order valence-corrected chi connectivity index (χ0v) is 23.8. The number of aromatic nitrogens is 6. The van der Waals surface area contributed by atoms with E-state index in [-0.39, 0.29) is 23.3 Å². The van der Waals surface area contributed by atoms with Crippen LogP contribution in [0.4, 0.5) is 11.6 Å². The van der Waals surface area contributed by atoms with E-state index in [1.54, 1.807) is 17.1 Å². The van der Waals surface area contributed by atoms with Gasteiger partial charge in [-0.05, 0) is 36.1 Å². The molecule has 0 radical (unpaired) electrons. The van der Waals surface area contributed by atoms with Crippen LogP contribution in [0.2, 0.25) is 0 Å². The molecule has 6 rings (SSSR count). The first-order chi connectivity index (χ1) is 19.7. The Morgan fingerprint density at radius 2 is 2.05 bits per heavy atom. The Labute approximate surface area is 238 Å². The lowest BCUT2D eigenvalue weighted by molar-refractivity contribution is 0.0873. The lowest BCUT2D eigenvalue weighted by atomic mass is 9.96. The second-order valence-electron chi connectivity index (χ2n) is 11.7. The van der Waals surface area contributed by atoms with Crippen molar-refractivity contribution in [3.8, 4) is 11.3 Å². The summed E-state index contributed by atoms with van der Waals surface area (Å²) in [5.41, 5.74) is 4.50. The van der Waals surface area contributed by atoms with Crippen molar-refractivity contribution in [3.05, 3.63) is 65.8 Å². The average molecular weight is 558 g/mol. The first kappa shape index (κ1) is 27.0. The van der Waals surface area contributed by atoms with Gasteiger partial charge < -0.3 is 19.8 Å². The summed E-state index contributed by atoms with van der Waals surface area (Å²) in [6.07, 6.45) is 7.16. The molecule has 0 saturated carbocycles. The van der Waals surface area contributed by atoms with Crippen molar-refractivity contribution in [2.75, 3.05) is 31.6 Å². The summed E-state index contributed by atoms with van der Waals surface area (Å²) in [6, 6.07) is 8.28. The van der Waals surface area contributed by atoms with Crippen LogP contribution in [0.15, 0.2) is 47.3 Å². The van der Waals surface area contributed by atoms with E-state index in [9.17, 15) is 4.79 Å². The van der Waals surface area contributed by atoms with E-state index in [2.05, 4.69) is 47.9 Å². The molecule has 0 aliphatic carbocycles. The molecular weight excluding hydrogens is 522 g/mol. The molecule has 1 fully saturated rings. The molecule has 2 N–H and O–H groups in total. The summed E-state index contributed by atoms with van der Waals surface area (Å²) in [5.74, 6) is 0.528. The first-order valence-corrected chi connectivity index (χ1v) is 13.9. The van der Waals surface area contributed by atoms with Crippen LogP contribution in [0.5, 0.6) is 0 Å². The summed E-state index contributed by atoms with van der Waals surface area (Å²) in [4.78, 5) is 24.8. The van der Waals surface area contributed by atoms with Crippen molar-refractivity contribution in [3.63, 3.8) is 0 Å². The maximum Gasteiger partial charge on any atom is 0.309 e. The summed E-state index contributed by atoms with van der Waals surface area (Å²) in [5, 5.41) is 18.7. The van der Waals surface area contributed by atoms with Crippen LogP contribution in [0.1, 0.15) is 60.9 Å². The molecule has 1 aromatic carbocycles. The molecule has 0 bridgehead atoms. The van der Waals surface area contributed by atoms with Gasteiger partial charge in [0.05, 0.1) is 30.2 Å². The van der Waals surface area contributed by atoms with Crippen molar-refractivity contribution in [2.24, 2.45) is 7.05 Å². The van der Waals surface area contributed by atoms with E-state index in [1.807, 2.05) is 46.1 Å². The monoisotopic (exact) mass is 557 g/mol. The Morgan fingerprint density at radius 3 is 2.78 bits per heavy atom. The highest BCUT2D eigenvalue weighted by Gasteiger charge is 2.32. The third kappa shape index (κ3) is 5.98. The molecule has 2 aliphatic heterocycles. The Morgan fingerprint density at radius 1 is 1.17 bits per heavy atom. The predicted octanol–water partition coefficient (Wildman–Crippen LogP) is 3.42. The third-order valence-electron chi connectivity index (χ3n) is 7.50.